The predicted molar refractivity (Wildman–Crippen MR) is 124 cm³/mol. The zero-order valence-corrected chi connectivity index (χ0v) is 20.5. The number of hydrogen-bond donors (Lipinski definition) is 8. The fourth-order valence-corrected chi connectivity index (χ4v) is 3.02. The lowest BCUT2D eigenvalue weighted by molar-refractivity contribution is -0.143. The van der Waals surface area contributed by atoms with Gasteiger partial charge in [-0.25, -0.2) is 4.79 Å². The molecule has 0 unspecified atom stereocenters. The fourth-order valence-electron chi connectivity index (χ4n) is 3.02. The quantitative estimate of drug-likeness (QED) is 0.107. The molecular weight excluding hydrogens is 464 g/mol. The second kappa shape index (κ2) is 15.6. The van der Waals surface area contributed by atoms with Crippen molar-refractivity contribution in [2.45, 2.75) is 71.1 Å². The van der Waals surface area contributed by atoms with Crippen LogP contribution in [0.15, 0.2) is 0 Å². The van der Waals surface area contributed by atoms with Gasteiger partial charge in [0.05, 0.1) is 13.2 Å². The van der Waals surface area contributed by atoms with E-state index >= 15 is 0 Å². The van der Waals surface area contributed by atoms with Crippen LogP contribution >= 0.6 is 0 Å². The summed E-state index contributed by atoms with van der Waals surface area (Å²) in [4.78, 5) is 72.4. The van der Waals surface area contributed by atoms with E-state index < -0.39 is 66.3 Å². The van der Waals surface area contributed by atoms with Gasteiger partial charge in [-0.2, -0.15) is 0 Å². The lowest BCUT2D eigenvalue weighted by atomic mass is 10.0. The number of hydrogen-bond acceptors (Lipinski definition) is 8. The Balaban J connectivity index is 5.55. The van der Waals surface area contributed by atoms with Crippen molar-refractivity contribution < 1.29 is 39.0 Å². The van der Waals surface area contributed by atoms with Gasteiger partial charge in [0.25, 0.3) is 0 Å². The second-order valence-corrected chi connectivity index (χ2v) is 8.83. The monoisotopic (exact) mass is 502 g/mol. The molecule has 0 spiro atoms. The first kappa shape index (κ1) is 31.7. The van der Waals surface area contributed by atoms with Crippen molar-refractivity contribution in [3.05, 3.63) is 0 Å². The summed E-state index contributed by atoms with van der Waals surface area (Å²) in [7, 11) is 0. The van der Waals surface area contributed by atoms with Crippen LogP contribution < -0.4 is 32.7 Å². The Hall–Kier alpha value is -3.26. The number of aliphatic hydroxyl groups is 1. The minimum absolute atomic E-state index is 0.0550. The van der Waals surface area contributed by atoms with E-state index in [1.165, 1.54) is 0 Å². The highest BCUT2D eigenvalue weighted by Gasteiger charge is 2.32. The third-order valence-corrected chi connectivity index (χ3v) is 4.90. The fraction of sp³-hybridized carbons (Fsp3) is 0.714. The van der Waals surface area contributed by atoms with Crippen LogP contribution in [0.2, 0.25) is 0 Å². The first-order chi connectivity index (χ1) is 16.2. The maximum absolute atomic E-state index is 12.8. The van der Waals surface area contributed by atoms with Crippen molar-refractivity contribution >= 4 is 35.5 Å². The molecule has 0 aromatic rings. The molecule has 0 aliphatic rings. The standard InChI is InChI=1S/C21H38N6O8/c1-10(2)7-13(21(34)35)25-19(32)14(9-28)26-18(31)12(5-6-15(23)29)24-20(33)17(11(3)4)27-16(30)8-22/h10-14,17,28H,5-9,22H2,1-4H3,(H2,23,29)(H,24,33)(H,25,32)(H,26,31)(H,27,30)(H,34,35)/t12-,13-,14-,17-/m0/s1. The molecule has 0 heterocycles. The van der Waals surface area contributed by atoms with Crippen LogP contribution in [-0.2, 0) is 28.8 Å². The largest absolute Gasteiger partial charge is 0.480 e. The minimum atomic E-state index is -1.53. The molecule has 10 N–H and O–H groups in total. The number of carbonyl (C=O) groups excluding carboxylic acids is 5. The van der Waals surface area contributed by atoms with Crippen LogP contribution in [0.4, 0.5) is 0 Å². The van der Waals surface area contributed by atoms with Gasteiger partial charge >= 0.3 is 5.97 Å². The Kier molecular flexibility index (Phi) is 14.2. The molecule has 0 aromatic carbocycles. The molecule has 0 aliphatic heterocycles. The molecule has 0 saturated carbocycles. The normalized spacial score (nSPS) is 14.4. The molecule has 14 nitrogen and oxygen atoms in total. The number of amides is 5. The van der Waals surface area contributed by atoms with Crippen LogP contribution in [0.5, 0.6) is 0 Å². The molecule has 35 heavy (non-hydrogen) atoms. The smallest absolute Gasteiger partial charge is 0.326 e. The van der Waals surface area contributed by atoms with E-state index in [0.29, 0.717) is 0 Å². The van der Waals surface area contributed by atoms with Crippen LogP contribution in [0.3, 0.4) is 0 Å². The SMILES string of the molecule is CC(C)C[C@H](NC(=O)[C@H](CO)NC(=O)[C@H](CCC(N)=O)NC(=O)[C@@H](NC(=O)CN)C(C)C)C(=O)O. The summed E-state index contributed by atoms with van der Waals surface area (Å²) in [5, 5.41) is 28.3. The molecule has 14 heteroatoms. The van der Waals surface area contributed by atoms with Crippen LogP contribution in [0, 0.1) is 11.8 Å². The Morgan fingerprint density at radius 2 is 1.31 bits per heavy atom. The maximum Gasteiger partial charge on any atom is 0.326 e. The molecule has 4 atom stereocenters. The highest BCUT2D eigenvalue weighted by Crippen LogP contribution is 2.07. The van der Waals surface area contributed by atoms with E-state index in [2.05, 4.69) is 21.3 Å². The minimum Gasteiger partial charge on any atom is -0.480 e. The van der Waals surface area contributed by atoms with Gasteiger partial charge < -0.3 is 42.9 Å². The van der Waals surface area contributed by atoms with Gasteiger partial charge in [-0.3, -0.25) is 24.0 Å². The third kappa shape index (κ3) is 12.1. The van der Waals surface area contributed by atoms with Crippen LogP contribution in [0.25, 0.3) is 0 Å². The van der Waals surface area contributed by atoms with Gasteiger partial charge in [-0.15, -0.1) is 0 Å². The molecule has 0 saturated heterocycles. The van der Waals surface area contributed by atoms with Crippen molar-refractivity contribution in [2.75, 3.05) is 13.2 Å². The molecular formula is C21H38N6O8. The van der Waals surface area contributed by atoms with Crippen molar-refractivity contribution in [3.8, 4) is 0 Å². The zero-order chi connectivity index (χ0) is 27.3. The van der Waals surface area contributed by atoms with Crippen molar-refractivity contribution in [2.24, 2.45) is 23.3 Å². The summed E-state index contributed by atoms with van der Waals surface area (Å²) in [5.41, 5.74) is 10.4. The number of carbonyl (C=O) groups is 6. The molecule has 0 aromatic heterocycles. The van der Waals surface area contributed by atoms with Gasteiger partial charge in [-0.1, -0.05) is 27.7 Å². The first-order valence-electron chi connectivity index (χ1n) is 11.3. The summed E-state index contributed by atoms with van der Waals surface area (Å²) >= 11 is 0. The number of aliphatic carboxylic acids is 1. The van der Waals surface area contributed by atoms with Crippen molar-refractivity contribution in [1.82, 2.24) is 21.3 Å². The van der Waals surface area contributed by atoms with E-state index in [-0.39, 0.29) is 37.6 Å². The second-order valence-electron chi connectivity index (χ2n) is 8.83. The maximum atomic E-state index is 12.8. The molecule has 0 aliphatic carbocycles. The highest BCUT2D eigenvalue weighted by atomic mass is 16.4. The van der Waals surface area contributed by atoms with Crippen molar-refractivity contribution in [3.63, 3.8) is 0 Å². The Labute approximate surface area is 203 Å². The first-order valence-corrected chi connectivity index (χ1v) is 11.3. The van der Waals surface area contributed by atoms with E-state index in [0.717, 1.165) is 0 Å². The highest BCUT2D eigenvalue weighted by molar-refractivity contribution is 5.95. The Bertz CT molecular complexity index is 773. The number of carboxylic acids is 1. The van der Waals surface area contributed by atoms with Gasteiger partial charge in [-0.05, 0) is 24.7 Å². The van der Waals surface area contributed by atoms with Crippen LogP contribution in [0.1, 0.15) is 47.0 Å². The Morgan fingerprint density at radius 3 is 1.74 bits per heavy atom. The zero-order valence-electron chi connectivity index (χ0n) is 20.5. The van der Waals surface area contributed by atoms with E-state index in [1.54, 1.807) is 27.7 Å². The number of carboxylic acid groups (broad SMARTS) is 1. The predicted octanol–water partition coefficient (Wildman–Crippen LogP) is -3.07. The molecule has 5 amide bonds. The molecule has 0 fully saturated rings. The topological polar surface area (TPSA) is 243 Å². The molecule has 200 valence electrons. The average Bonchev–Trinajstić information content (AvgIpc) is 2.76. The van der Waals surface area contributed by atoms with Crippen molar-refractivity contribution in [1.29, 1.82) is 0 Å². The van der Waals surface area contributed by atoms with E-state index in [4.69, 9.17) is 11.5 Å². The van der Waals surface area contributed by atoms with E-state index in [1.807, 2.05) is 0 Å². The van der Waals surface area contributed by atoms with Gasteiger partial charge in [0.15, 0.2) is 0 Å². The number of aliphatic hydroxyl groups excluding tert-OH is 1. The molecule has 0 bridgehead atoms. The summed E-state index contributed by atoms with van der Waals surface area (Å²) in [5.74, 6) is -5.65. The van der Waals surface area contributed by atoms with E-state index in [9.17, 15) is 39.0 Å². The number of rotatable bonds is 16. The lowest BCUT2D eigenvalue weighted by Gasteiger charge is -2.26. The summed E-state index contributed by atoms with van der Waals surface area (Å²) in [6.45, 7) is 5.62. The van der Waals surface area contributed by atoms with Crippen LogP contribution in [-0.4, -0.2) is 83.0 Å². The number of nitrogens with one attached hydrogen (secondary N) is 4. The molecule has 0 rings (SSSR count). The summed E-state index contributed by atoms with van der Waals surface area (Å²) in [6.07, 6.45) is -0.395. The summed E-state index contributed by atoms with van der Waals surface area (Å²) in [6, 6.07) is -5.16. The summed E-state index contributed by atoms with van der Waals surface area (Å²) < 4.78 is 0. The third-order valence-electron chi connectivity index (χ3n) is 4.90. The number of primary amides is 1. The van der Waals surface area contributed by atoms with Gasteiger partial charge in [0.2, 0.25) is 29.5 Å². The lowest BCUT2D eigenvalue weighted by Crippen LogP contribution is -2.59. The van der Waals surface area contributed by atoms with Gasteiger partial charge in [0, 0.05) is 6.42 Å². The molecule has 0 radical (unpaired) electrons. The average molecular weight is 503 g/mol. The Morgan fingerprint density at radius 1 is 0.800 bits per heavy atom. The number of nitrogens with two attached hydrogens (primary N) is 2. The van der Waals surface area contributed by atoms with Gasteiger partial charge in [0.1, 0.15) is 24.2 Å².